The van der Waals surface area contributed by atoms with E-state index >= 15 is 0 Å². The SMILES string of the molecule is CCc1nc2n(n1)C1(CCCCC1)[C@@H]1CCCC[C@@H]1N2C(=O)COc1ccc(Cl)cc1. The highest BCUT2D eigenvalue weighted by Crippen LogP contribution is 2.52. The molecule has 2 heterocycles. The molecule has 166 valence electrons. The maximum Gasteiger partial charge on any atom is 0.267 e. The molecule has 1 spiro atoms. The normalized spacial score (nSPS) is 24.5. The van der Waals surface area contributed by atoms with Crippen molar-refractivity contribution in [3.05, 3.63) is 35.1 Å². The van der Waals surface area contributed by atoms with Crippen LogP contribution in [0.25, 0.3) is 0 Å². The van der Waals surface area contributed by atoms with Gasteiger partial charge in [-0.05, 0) is 49.9 Å². The van der Waals surface area contributed by atoms with E-state index in [2.05, 4.69) is 11.6 Å². The molecule has 0 unspecified atom stereocenters. The summed E-state index contributed by atoms with van der Waals surface area (Å²) in [5, 5.41) is 5.60. The number of hydrogen-bond donors (Lipinski definition) is 0. The lowest BCUT2D eigenvalue weighted by Gasteiger charge is -2.55. The van der Waals surface area contributed by atoms with E-state index in [1.165, 1.54) is 25.7 Å². The number of aryl methyl sites for hydroxylation is 1. The Hall–Kier alpha value is -2.08. The van der Waals surface area contributed by atoms with Gasteiger partial charge in [0.15, 0.2) is 12.4 Å². The average Bonchev–Trinajstić information content (AvgIpc) is 3.25. The maximum absolute atomic E-state index is 13.5. The number of nitrogens with zero attached hydrogens (tertiary/aromatic N) is 4. The molecule has 1 amide bonds. The van der Waals surface area contributed by atoms with E-state index in [1.807, 2.05) is 4.90 Å². The highest BCUT2D eigenvalue weighted by molar-refractivity contribution is 6.30. The number of anilines is 1. The van der Waals surface area contributed by atoms with E-state index in [4.69, 9.17) is 26.4 Å². The van der Waals surface area contributed by atoms with Crippen molar-refractivity contribution in [1.82, 2.24) is 14.8 Å². The molecule has 2 aliphatic carbocycles. The summed E-state index contributed by atoms with van der Waals surface area (Å²) in [5.41, 5.74) is 0.0207. The minimum absolute atomic E-state index is 0.00777. The zero-order valence-electron chi connectivity index (χ0n) is 18.2. The zero-order chi connectivity index (χ0) is 21.4. The van der Waals surface area contributed by atoms with Gasteiger partial charge in [-0.25, -0.2) is 4.68 Å². The van der Waals surface area contributed by atoms with Crippen molar-refractivity contribution < 1.29 is 9.53 Å². The first-order chi connectivity index (χ1) is 15.1. The van der Waals surface area contributed by atoms with Crippen LogP contribution in [0, 0.1) is 5.92 Å². The molecular formula is C24H31ClN4O2. The number of carbonyl (C=O) groups is 1. The summed E-state index contributed by atoms with van der Waals surface area (Å²) in [6, 6.07) is 7.33. The lowest BCUT2D eigenvalue weighted by molar-refractivity contribution is -0.122. The van der Waals surface area contributed by atoms with Gasteiger partial charge < -0.3 is 4.74 Å². The van der Waals surface area contributed by atoms with Gasteiger partial charge in [0.05, 0.1) is 5.54 Å². The highest BCUT2D eigenvalue weighted by atomic mass is 35.5. The molecular weight excluding hydrogens is 412 g/mol. The number of benzene rings is 1. The van der Waals surface area contributed by atoms with Gasteiger partial charge in [0.1, 0.15) is 5.75 Å². The first-order valence-electron chi connectivity index (χ1n) is 11.8. The number of ether oxygens (including phenoxy) is 1. The lowest BCUT2D eigenvalue weighted by Crippen LogP contribution is -2.62. The number of amides is 1. The Morgan fingerprint density at radius 2 is 1.87 bits per heavy atom. The number of fused-ring (bicyclic) bond motifs is 4. The van der Waals surface area contributed by atoms with Gasteiger partial charge in [0.2, 0.25) is 5.95 Å². The van der Waals surface area contributed by atoms with E-state index in [0.717, 1.165) is 50.3 Å². The van der Waals surface area contributed by atoms with Crippen LogP contribution < -0.4 is 9.64 Å². The summed E-state index contributed by atoms with van der Waals surface area (Å²) in [4.78, 5) is 20.3. The second-order valence-corrected chi connectivity index (χ2v) is 9.66. The maximum atomic E-state index is 13.5. The van der Waals surface area contributed by atoms with Crippen molar-refractivity contribution in [3.63, 3.8) is 0 Å². The van der Waals surface area contributed by atoms with Crippen LogP contribution in [0.1, 0.15) is 70.5 Å². The molecule has 7 heteroatoms. The Morgan fingerprint density at radius 1 is 1.13 bits per heavy atom. The van der Waals surface area contributed by atoms with Crippen LogP contribution in [-0.2, 0) is 16.8 Å². The van der Waals surface area contributed by atoms with Crippen molar-refractivity contribution in [3.8, 4) is 5.75 Å². The van der Waals surface area contributed by atoms with E-state index in [-0.39, 0.29) is 24.1 Å². The molecule has 2 saturated carbocycles. The van der Waals surface area contributed by atoms with Crippen LogP contribution in [0.15, 0.2) is 24.3 Å². The van der Waals surface area contributed by atoms with Gasteiger partial charge in [-0.2, -0.15) is 10.1 Å². The van der Waals surface area contributed by atoms with E-state index in [9.17, 15) is 4.79 Å². The molecule has 5 rings (SSSR count). The number of hydrogen-bond acceptors (Lipinski definition) is 4. The first kappa shape index (κ1) is 20.8. The zero-order valence-corrected chi connectivity index (χ0v) is 19.0. The molecule has 2 aromatic rings. The van der Waals surface area contributed by atoms with Gasteiger partial charge in [-0.3, -0.25) is 9.69 Å². The third-order valence-corrected chi connectivity index (χ3v) is 7.75. The molecule has 1 aromatic heterocycles. The quantitative estimate of drug-likeness (QED) is 0.657. The van der Waals surface area contributed by atoms with Crippen molar-refractivity contribution in [2.24, 2.45) is 5.92 Å². The molecule has 0 bridgehead atoms. The number of halogens is 1. The molecule has 2 fully saturated rings. The fourth-order valence-corrected chi connectivity index (χ4v) is 6.22. The largest absolute Gasteiger partial charge is 0.484 e. The fourth-order valence-electron chi connectivity index (χ4n) is 6.09. The Bertz CT molecular complexity index is 936. The van der Waals surface area contributed by atoms with Crippen LogP contribution in [0.4, 0.5) is 5.95 Å². The van der Waals surface area contributed by atoms with Crippen LogP contribution in [0.3, 0.4) is 0 Å². The monoisotopic (exact) mass is 442 g/mol. The van der Waals surface area contributed by atoms with Gasteiger partial charge in [0, 0.05) is 23.4 Å². The third-order valence-electron chi connectivity index (χ3n) is 7.50. The van der Waals surface area contributed by atoms with Crippen LogP contribution in [0.2, 0.25) is 5.02 Å². The number of aromatic nitrogens is 3. The molecule has 31 heavy (non-hydrogen) atoms. The van der Waals surface area contributed by atoms with E-state index in [0.29, 0.717) is 16.7 Å². The molecule has 2 atom stereocenters. The summed E-state index contributed by atoms with van der Waals surface area (Å²) >= 11 is 5.97. The van der Waals surface area contributed by atoms with Crippen molar-refractivity contribution in [2.45, 2.75) is 82.7 Å². The molecule has 3 aliphatic rings. The van der Waals surface area contributed by atoms with Crippen molar-refractivity contribution >= 4 is 23.5 Å². The van der Waals surface area contributed by atoms with Gasteiger partial charge in [0.25, 0.3) is 5.91 Å². The molecule has 1 aromatic carbocycles. The lowest BCUT2D eigenvalue weighted by atomic mass is 9.64. The minimum atomic E-state index is -0.0335. The van der Waals surface area contributed by atoms with E-state index < -0.39 is 0 Å². The topological polar surface area (TPSA) is 60.2 Å². The second kappa shape index (κ2) is 8.45. The average molecular weight is 443 g/mol. The summed E-state index contributed by atoms with van der Waals surface area (Å²) in [7, 11) is 0. The minimum Gasteiger partial charge on any atom is -0.484 e. The van der Waals surface area contributed by atoms with Crippen LogP contribution >= 0.6 is 11.6 Å². The van der Waals surface area contributed by atoms with Gasteiger partial charge in [-0.15, -0.1) is 0 Å². The second-order valence-electron chi connectivity index (χ2n) is 9.22. The van der Waals surface area contributed by atoms with Crippen LogP contribution in [0.5, 0.6) is 5.75 Å². The standard InChI is InChI=1S/C24H31ClN4O2/c1-2-21-26-23-28(22(30)16-31-18-12-10-17(25)11-13-18)20-9-5-4-8-19(20)24(29(23)27-21)14-6-3-7-15-24/h10-13,19-20H,2-9,14-16H2,1H3/t19-,20+/m1/s1. The van der Waals surface area contributed by atoms with Crippen molar-refractivity contribution in [2.75, 3.05) is 11.5 Å². The molecule has 1 aliphatic heterocycles. The Kier molecular flexibility index (Phi) is 5.67. The predicted molar refractivity (Wildman–Crippen MR) is 121 cm³/mol. The van der Waals surface area contributed by atoms with Gasteiger partial charge in [-0.1, -0.05) is 50.6 Å². The molecule has 0 saturated heterocycles. The summed E-state index contributed by atoms with van der Waals surface area (Å²) in [6.45, 7) is 2.07. The Labute approximate surface area is 188 Å². The van der Waals surface area contributed by atoms with Gasteiger partial charge >= 0.3 is 0 Å². The summed E-state index contributed by atoms with van der Waals surface area (Å²) in [6.07, 6.45) is 11.4. The molecule has 6 nitrogen and oxygen atoms in total. The highest BCUT2D eigenvalue weighted by Gasteiger charge is 2.55. The summed E-state index contributed by atoms with van der Waals surface area (Å²) in [5.74, 6) is 2.63. The summed E-state index contributed by atoms with van der Waals surface area (Å²) < 4.78 is 8.00. The van der Waals surface area contributed by atoms with Crippen LogP contribution in [-0.4, -0.2) is 33.3 Å². The first-order valence-corrected chi connectivity index (χ1v) is 12.2. The fraction of sp³-hybridized carbons (Fsp3) is 0.625. The third kappa shape index (κ3) is 3.63. The molecule has 0 radical (unpaired) electrons. The smallest absolute Gasteiger partial charge is 0.267 e. The Morgan fingerprint density at radius 3 is 2.61 bits per heavy atom. The van der Waals surface area contributed by atoms with Crippen molar-refractivity contribution in [1.29, 1.82) is 0 Å². The Balaban J connectivity index is 1.49. The number of carbonyl (C=O) groups excluding carboxylic acids is 1. The predicted octanol–water partition coefficient (Wildman–Crippen LogP) is 5.14. The van der Waals surface area contributed by atoms with E-state index in [1.54, 1.807) is 24.3 Å². The number of rotatable bonds is 4. The molecule has 0 N–H and O–H groups in total.